The smallest absolute Gasteiger partial charge is 0.169 e. The molecule has 3 rings (SSSR count). The highest BCUT2D eigenvalue weighted by Gasteiger charge is 2.29. The first kappa shape index (κ1) is 11.7. The van der Waals surface area contributed by atoms with Crippen LogP contribution in [0, 0.1) is 5.82 Å². The molecule has 1 aromatic heterocycles. The molecule has 1 aliphatic rings. The Balaban J connectivity index is 2.12. The molecule has 4 heteroatoms. The maximum atomic E-state index is 14.0. The number of para-hydroxylation sites is 1. The maximum Gasteiger partial charge on any atom is 0.169 e. The fraction of sp³-hybridized carbons (Fsp3) is 0.214. The molecule has 0 spiro atoms. The average Bonchev–Trinajstić information content (AvgIpc) is 2.66. The average molecular weight is 307 g/mol. The van der Waals surface area contributed by atoms with E-state index in [1.54, 1.807) is 6.20 Å². The van der Waals surface area contributed by atoms with E-state index in [1.165, 1.54) is 11.6 Å². The molecule has 2 nitrogen and oxygen atoms in total. The van der Waals surface area contributed by atoms with Crippen LogP contribution in [0.3, 0.4) is 0 Å². The number of nitrogens with zero attached hydrogens (tertiary/aromatic N) is 2. The van der Waals surface area contributed by atoms with Gasteiger partial charge in [-0.25, -0.2) is 9.37 Å². The number of fused-ring (bicyclic) bond motifs is 1. The van der Waals surface area contributed by atoms with Crippen LogP contribution >= 0.6 is 15.9 Å². The van der Waals surface area contributed by atoms with Crippen LogP contribution in [0.2, 0.25) is 0 Å². The Bertz CT molecular complexity index is 600. The number of benzene rings is 1. The number of rotatable bonds is 1. The molecule has 0 N–H and O–H groups in total. The highest BCUT2D eigenvalue weighted by Crippen LogP contribution is 2.38. The highest BCUT2D eigenvalue weighted by atomic mass is 79.9. The second-order valence-corrected chi connectivity index (χ2v) is 5.43. The standard InChI is InChI=1S/C14H12BrFN2/c1-9-6-10-4-2-3-5-13(10)18(9)14-12(16)7-11(15)8-17-14/h2-5,7-9H,6H2,1H3. The van der Waals surface area contributed by atoms with Gasteiger partial charge in [0.2, 0.25) is 0 Å². The molecule has 18 heavy (non-hydrogen) atoms. The summed E-state index contributed by atoms with van der Waals surface area (Å²) in [6.07, 6.45) is 2.55. The number of anilines is 2. The summed E-state index contributed by atoms with van der Waals surface area (Å²) < 4.78 is 14.7. The van der Waals surface area contributed by atoms with Gasteiger partial charge < -0.3 is 4.90 Å². The molecule has 0 saturated carbocycles. The van der Waals surface area contributed by atoms with Crippen LogP contribution in [0.4, 0.5) is 15.9 Å². The Kier molecular flexibility index (Phi) is 2.82. The zero-order chi connectivity index (χ0) is 12.7. The van der Waals surface area contributed by atoms with Gasteiger partial charge in [-0.3, -0.25) is 0 Å². The second kappa shape index (κ2) is 4.35. The molecule has 1 unspecified atom stereocenters. The summed E-state index contributed by atoms with van der Waals surface area (Å²) in [7, 11) is 0. The third kappa shape index (κ3) is 1.81. The van der Waals surface area contributed by atoms with Gasteiger partial charge in [-0.05, 0) is 47.0 Å². The summed E-state index contributed by atoms with van der Waals surface area (Å²) >= 11 is 3.23. The molecule has 1 atom stereocenters. The Morgan fingerprint density at radius 1 is 1.39 bits per heavy atom. The molecule has 0 amide bonds. The Hall–Kier alpha value is -1.42. The van der Waals surface area contributed by atoms with Crippen LogP contribution in [0.5, 0.6) is 0 Å². The minimum absolute atomic E-state index is 0.227. The molecule has 0 bridgehead atoms. The van der Waals surface area contributed by atoms with Crippen molar-refractivity contribution < 1.29 is 4.39 Å². The molecule has 0 aliphatic carbocycles. The predicted octanol–water partition coefficient (Wildman–Crippen LogP) is 4.07. The molecular weight excluding hydrogens is 295 g/mol. The van der Waals surface area contributed by atoms with E-state index in [0.717, 1.165) is 12.1 Å². The summed E-state index contributed by atoms with van der Waals surface area (Å²) in [4.78, 5) is 6.18. The van der Waals surface area contributed by atoms with Crippen LogP contribution < -0.4 is 4.90 Å². The van der Waals surface area contributed by atoms with Crippen molar-refractivity contribution in [2.75, 3.05) is 4.90 Å². The largest absolute Gasteiger partial charge is 0.321 e. The minimum atomic E-state index is -0.298. The SMILES string of the molecule is CC1Cc2ccccc2N1c1ncc(Br)cc1F. The van der Waals surface area contributed by atoms with E-state index >= 15 is 0 Å². The lowest BCUT2D eigenvalue weighted by atomic mass is 10.1. The maximum absolute atomic E-state index is 14.0. The number of hydrogen-bond donors (Lipinski definition) is 0. The van der Waals surface area contributed by atoms with Crippen LogP contribution in [0.1, 0.15) is 12.5 Å². The van der Waals surface area contributed by atoms with Crippen molar-refractivity contribution in [1.82, 2.24) is 4.98 Å². The van der Waals surface area contributed by atoms with E-state index in [1.807, 2.05) is 23.1 Å². The van der Waals surface area contributed by atoms with Gasteiger partial charge in [-0.2, -0.15) is 0 Å². The van der Waals surface area contributed by atoms with Gasteiger partial charge in [0.05, 0.1) is 0 Å². The van der Waals surface area contributed by atoms with Gasteiger partial charge >= 0.3 is 0 Å². The number of pyridine rings is 1. The van der Waals surface area contributed by atoms with Gasteiger partial charge in [0.25, 0.3) is 0 Å². The van der Waals surface area contributed by atoms with Crippen LogP contribution in [0.25, 0.3) is 0 Å². The first-order chi connectivity index (χ1) is 8.66. The van der Waals surface area contributed by atoms with Crippen molar-refractivity contribution in [3.8, 4) is 0 Å². The second-order valence-electron chi connectivity index (χ2n) is 4.51. The van der Waals surface area contributed by atoms with Crippen LogP contribution in [-0.4, -0.2) is 11.0 Å². The first-order valence-electron chi connectivity index (χ1n) is 5.85. The Morgan fingerprint density at radius 3 is 2.94 bits per heavy atom. The summed E-state index contributed by atoms with van der Waals surface area (Å²) in [6, 6.07) is 9.77. The molecule has 0 saturated heterocycles. The van der Waals surface area contributed by atoms with Gasteiger partial charge in [-0.1, -0.05) is 18.2 Å². The quantitative estimate of drug-likeness (QED) is 0.789. The number of hydrogen-bond acceptors (Lipinski definition) is 2. The molecule has 92 valence electrons. The van der Waals surface area contributed by atoms with Crippen molar-refractivity contribution in [1.29, 1.82) is 0 Å². The molecule has 2 aromatic rings. The predicted molar refractivity (Wildman–Crippen MR) is 73.6 cm³/mol. The highest BCUT2D eigenvalue weighted by molar-refractivity contribution is 9.10. The van der Waals surface area contributed by atoms with E-state index < -0.39 is 0 Å². The first-order valence-corrected chi connectivity index (χ1v) is 6.64. The molecule has 0 fully saturated rings. The summed E-state index contributed by atoms with van der Waals surface area (Å²) in [5, 5.41) is 0. The molecular formula is C14H12BrFN2. The molecule has 0 radical (unpaired) electrons. The Labute approximate surface area is 114 Å². The van der Waals surface area contributed by atoms with Crippen molar-refractivity contribution in [3.63, 3.8) is 0 Å². The fourth-order valence-electron chi connectivity index (χ4n) is 2.47. The third-order valence-corrected chi connectivity index (χ3v) is 3.66. The summed E-state index contributed by atoms with van der Waals surface area (Å²) in [6.45, 7) is 2.09. The fourth-order valence-corrected chi connectivity index (χ4v) is 2.78. The summed E-state index contributed by atoms with van der Waals surface area (Å²) in [5.74, 6) is 0.101. The van der Waals surface area contributed by atoms with Gasteiger partial charge in [-0.15, -0.1) is 0 Å². The Morgan fingerprint density at radius 2 is 2.17 bits per heavy atom. The lowest BCUT2D eigenvalue weighted by Crippen LogP contribution is -2.25. The summed E-state index contributed by atoms with van der Waals surface area (Å²) in [5.41, 5.74) is 2.30. The van der Waals surface area contributed by atoms with E-state index in [9.17, 15) is 4.39 Å². The topological polar surface area (TPSA) is 16.1 Å². The minimum Gasteiger partial charge on any atom is -0.321 e. The molecule has 2 heterocycles. The van der Waals surface area contributed by atoms with Crippen LogP contribution in [0.15, 0.2) is 41.0 Å². The van der Waals surface area contributed by atoms with Crippen molar-refractivity contribution in [2.45, 2.75) is 19.4 Å². The van der Waals surface area contributed by atoms with Crippen molar-refractivity contribution >= 4 is 27.4 Å². The number of aromatic nitrogens is 1. The normalized spacial score (nSPS) is 17.9. The van der Waals surface area contributed by atoms with Gasteiger partial charge in [0, 0.05) is 22.4 Å². The van der Waals surface area contributed by atoms with Gasteiger partial charge in [0.15, 0.2) is 11.6 Å². The van der Waals surface area contributed by atoms with Crippen molar-refractivity contribution in [2.24, 2.45) is 0 Å². The monoisotopic (exact) mass is 306 g/mol. The van der Waals surface area contributed by atoms with Crippen molar-refractivity contribution in [3.05, 3.63) is 52.4 Å². The van der Waals surface area contributed by atoms with Crippen LogP contribution in [-0.2, 0) is 6.42 Å². The lowest BCUT2D eigenvalue weighted by Gasteiger charge is -2.24. The van der Waals surface area contributed by atoms with Gasteiger partial charge in [0.1, 0.15) is 0 Å². The van der Waals surface area contributed by atoms with E-state index in [4.69, 9.17) is 0 Å². The lowest BCUT2D eigenvalue weighted by molar-refractivity contribution is 0.609. The molecule has 1 aromatic carbocycles. The number of halogens is 2. The van der Waals surface area contributed by atoms with E-state index in [-0.39, 0.29) is 11.9 Å². The zero-order valence-corrected chi connectivity index (χ0v) is 11.5. The molecule has 1 aliphatic heterocycles. The zero-order valence-electron chi connectivity index (χ0n) is 9.90. The van der Waals surface area contributed by atoms with E-state index in [0.29, 0.717) is 10.3 Å². The van der Waals surface area contributed by atoms with E-state index in [2.05, 4.69) is 33.9 Å². The third-order valence-electron chi connectivity index (χ3n) is 3.22.